The molecule has 1 unspecified atom stereocenters. The number of hydrogen-bond donors (Lipinski definition) is 1. The van der Waals surface area contributed by atoms with E-state index >= 15 is 0 Å². The van der Waals surface area contributed by atoms with Gasteiger partial charge < -0.3 is 9.73 Å². The van der Waals surface area contributed by atoms with Gasteiger partial charge in [-0.15, -0.1) is 0 Å². The van der Waals surface area contributed by atoms with Gasteiger partial charge in [0.15, 0.2) is 5.76 Å². The summed E-state index contributed by atoms with van der Waals surface area (Å²) in [6, 6.07) is 9.47. The van der Waals surface area contributed by atoms with E-state index in [-0.39, 0.29) is 11.8 Å². The summed E-state index contributed by atoms with van der Waals surface area (Å²) in [5.41, 5.74) is 2.21. The normalized spacial score (nSPS) is 17.6. The van der Waals surface area contributed by atoms with Crippen LogP contribution < -0.4 is 5.32 Å². The third-order valence-electron chi connectivity index (χ3n) is 2.93. The summed E-state index contributed by atoms with van der Waals surface area (Å²) in [5.74, 6) is 0.369. The lowest BCUT2D eigenvalue weighted by atomic mass is 10.1. The fourth-order valence-electron chi connectivity index (χ4n) is 2.08. The molecule has 0 saturated carbocycles. The van der Waals surface area contributed by atoms with Gasteiger partial charge in [0.25, 0.3) is 0 Å². The molecule has 86 valence electrons. The summed E-state index contributed by atoms with van der Waals surface area (Å²) >= 11 is 3.31. The fraction of sp³-hybridized carbons (Fsp3) is 0.154. The van der Waals surface area contributed by atoms with Gasteiger partial charge in [-0.05, 0) is 33.6 Å². The van der Waals surface area contributed by atoms with E-state index in [1.165, 1.54) is 11.8 Å². The van der Waals surface area contributed by atoms with Crippen molar-refractivity contribution in [3.63, 3.8) is 0 Å². The van der Waals surface area contributed by atoms with Crippen LogP contribution in [0.4, 0.5) is 5.69 Å². The van der Waals surface area contributed by atoms with Crippen LogP contribution in [0.1, 0.15) is 16.1 Å². The van der Waals surface area contributed by atoms with E-state index in [1.807, 2.05) is 24.3 Å². The average molecular weight is 292 g/mol. The van der Waals surface area contributed by atoms with E-state index in [0.29, 0.717) is 16.7 Å². The van der Waals surface area contributed by atoms with Crippen LogP contribution in [0.25, 0.3) is 0 Å². The third-order valence-corrected chi connectivity index (χ3v) is 3.55. The number of ketones is 1. The number of fused-ring (bicyclic) bond motifs is 1. The molecule has 0 radical (unpaired) electrons. The molecule has 17 heavy (non-hydrogen) atoms. The Kier molecular flexibility index (Phi) is 2.52. The molecule has 0 bridgehead atoms. The van der Waals surface area contributed by atoms with E-state index in [1.54, 1.807) is 6.07 Å². The molecule has 3 rings (SSSR count). The van der Waals surface area contributed by atoms with Crippen LogP contribution in [0.3, 0.4) is 0 Å². The topological polar surface area (TPSA) is 42.2 Å². The van der Waals surface area contributed by atoms with Crippen molar-refractivity contribution in [1.29, 1.82) is 0 Å². The van der Waals surface area contributed by atoms with Crippen LogP contribution in [-0.2, 0) is 6.42 Å². The van der Waals surface area contributed by atoms with E-state index in [4.69, 9.17) is 4.42 Å². The van der Waals surface area contributed by atoms with Crippen LogP contribution >= 0.6 is 15.9 Å². The predicted octanol–water partition coefficient (Wildman–Crippen LogP) is 3.26. The highest BCUT2D eigenvalue weighted by Gasteiger charge is 2.29. The van der Waals surface area contributed by atoms with Gasteiger partial charge in [0.1, 0.15) is 0 Å². The van der Waals surface area contributed by atoms with E-state index in [0.717, 1.165) is 5.69 Å². The molecular formula is C13H10BrNO2. The number of carbonyl (C=O) groups excluding carboxylic acids is 1. The minimum Gasteiger partial charge on any atom is -0.460 e. The molecule has 1 aliphatic heterocycles. The van der Waals surface area contributed by atoms with Crippen LogP contribution in [0.5, 0.6) is 0 Å². The van der Waals surface area contributed by atoms with Gasteiger partial charge in [-0.2, -0.15) is 0 Å². The summed E-state index contributed by atoms with van der Waals surface area (Å²) in [5, 5.41) is 3.22. The molecule has 2 aromatic rings. The summed E-state index contributed by atoms with van der Waals surface area (Å²) < 4.78 is 5.91. The number of nitrogens with one attached hydrogen (secondary N) is 1. The minimum atomic E-state index is -0.227. The van der Waals surface area contributed by atoms with Crippen molar-refractivity contribution in [1.82, 2.24) is 0 Å². The molecule has 1 N–H and O–H groups in total. The Morgan fingerprint density at radius 1 is 1.35 bits per heavy atom. The zero-order valence-electron chi connectivity index (χ0n) is 8.94. The highest BCUT2D eigenvalue weighted by molar-refractivity contribution is 9.10. The molecule has 1 aromatic carbocycles. The number of Topliss-reactive ketones (excluding diaryl/α,β-unsaturated/α-hetero) is 1. The second-order valence-electron chi connectivity index (χ2n) is 4.02. The fourth-order valence-corrected chi connectivity index (χ4v) is 2.48. The Morgan fingerprint density at radius 2 is 2.18 bits per heavy atom. The van der Waals surface area contributed by atoms with Crippen molar-refractivity contribution < 1.29 is 9.21 Å². The maximum Gasteiger partial charge on any atom is 0.221 e. The number of anilines is 1. The predicted molar refractivity (Wildman–Crippen MR) is 68.3 cm³/mol. The number of furan rings is 1. The first-order valence-electron chi connectivity index (χ1n) is 5.37. The Morgan fingerprint density at radius 3 is 2.88 bits per heavy atom. The number of halogens is 1. The van der Waals surface area contributed by atoms with Gasteiger partial charge in [0.2, 0.25) is 5.78 Å². The van der Waals surface area contributed by atoms with Crippen LogP contribution in [0.2, 0.25) is 0 Å². The number of benzene rings is 1. The second-order valence-corrected chi connectivity index (χ2v) is 4.87. The molecule has 1 aromatic heterocycles. The molecule has 0 amide bonds. The highest BCUT2D eigenvalue weighted by Crippen LogP contribution is 2.28. The lowest BCUT2D eigenvalue weighted by Gasteiger charge is -2.08. The Bertz CT molecular complexity index is 551. The maximum atomic E-state index is 12.2. The standard InChI is InChI=1S/C13H10BrNO2/c14-9-5-6-17-13(9)12(16)11-7-8-3-1-2-4-10(8)15-11/h1-6,11,15H,7H2. The SMILES string of the molecule is O=C(c1occc1Br)C1Cc2ccccc2N1. The quantitative estimate of drug-likeness (QED) is 0.864. The minimum absolute atomic E-state index is 0.0157. The zero-order valence-corrected chi connectivity index (χ0v) is 10.5. The first-order chi connectivity index (χ1) is 8.25. The largest absolute Gasteiger partial charge is 0.460 e. The van der Waals surface area contributed by atoms with Crippen molar-refractivity contribution >= 4 is 27.4 Å². The van der Waals surface area contributed by atoms with Crippen molar-refractivity contribution in [3.8, 4) is 0 Å². The molecule has 3 nitrogen and oxygen atoms in total. The van der Waals surface area contributed by atoms with Gasteiger partial charge in [0.05, 0.1) is 16.8 Å². The smallest absolute Gasteiger partial charge is 0.221 e. The molecule has 4 heteroatoms. The number of carbonyl (C=O) groups is 1. The summed E-state index contributed by atoms with van der Waals surface area (Å²) in [6.45, 7) is 0. The Labute approximate surface area is 107 Å². The van der Waals surface area contributed by atoms with Crippen molar-refractivity contribution in [2.45, 2.75) is 12.5 Å². The molecule has 0 fully saturated rings. The Hall–Kier alpha value is -1.55. The van der Waals surface area contributed by atoms with E-state index < -0.39 is 0 Å². The van der Waals surface area contributed by atoms with Gasteiger partial charge in [0, 0.05) is 12.1 Å². The monoisotopic (exact) mass is 291 g/mol. The zero-order chi connectivity index (χ0) is 11.8. The van der Waals surface area contributed by atoms with Gasteiger partial charge >= 0.3 is 0 Å². The first-order valence-corrected chi connectivity index (χ1v) is 6.16. The first kappa shape index (κ1) is 10.6. The molecule has 1 aliphatic rings. The van der Waals surface area contributed by atoms with Gasteiger partial charge in [-0.25, -0.2) is 0 Å². The summed E-state index contributed by atoms with van der Waals surface area (Å²) in [6.07, 6.45) is 2.22. The number of rotatable bonds is 2. The molecule has 2 heterocycles. The van der Waals surface area contributed by atoms with E-state index in [9.17, 15) is 4.79 Å². The van der Waals surface area contributed by atoms with Crippen molar-refractivity contribution in [2.75, 3.05) is 5.32 Å². The van der Waals surface area contributed by atoms with Crippen molar-refractivity contribution in [3.05, 3.63) is 52.4 Å². The molecule has 0 aliphatic carbocycles. The summed E-state index contributed by atoms with van der Waals surface area (Å²) in [4.78, 5) is 12.2. The Balaban J connectivity index is 1.86. The average Bonchev–Trinajstić information content (AvgIpc) is 2.93. The molecular weight excluding hydrogens is 282 g/mol. The summed E-state index contributed by atoms with van der Waals surface area (Å²) in [7, 11) is 0. The van der Waals surface area contributed by atoms with Crippen LogP contribution in [0.15, 0.2) is 45.5 Å². The number of hydrogen-bond acceptors (Lipinski definition) is 3. The third kappa shape index (κ3) is 1.78. The van der Waals surface area contributed by atoms with E-state index in [2.05, 4.69) is 21.2 Å². The molecule has 0 spiro atoms. The highest BCUT2D eigenvalue weighted by atomic mass is 79.9. The van der Waals surface area contributed by atoms with Crippen LogP contribution in [0, 0.1) is 0 Å². The van der Waals surface area contributed by atoms with Gasteiger partial charge in [-0.3, -0.25) is 4.79 Å². The van der Waals surface area contributed by atoms with Crippen molar-refractivity contribution in [2.24, 2.45) is 0 Å². The molecule has 1 atom stereocenters. The van der Waals surface area contributed by atoms with Gasteiger partial charge in [-0.1, -0.05) is 18.2 Å². The molecule has 0 saturated heterocycles. The van der Waals surface area contributed by atoms with Crippen LogP contribution in [-0.4, -0.2) is 11.8 Å². The maximum absolute atomic E-state index is 12.2. The lowest BCUT2D eigenvalue weighted by molar-refractivity contribution is 0.0943. The lowest BCUT2D eigenvalue weighted by Crippen LogP contribution is -2.26. The second kappa shape index (κ2) is 4.04. The number of para-hydroxylation sites is 1.